The predicted octanol–water partition coefficient (Wildman–Crippen LogP) is 2.97. The predicted molar refractivity (Wildman–Crippen MR) is 115 cm³/mol. The third kappa shape index (κ3) is 4.88. The quantitative estimate of drug-likeness (QED) is 0.493. The number of amides is 1. The highest BCUT2D eigenvalue weighted by molar-refractivity contribution is 6.00. The molecule has 1 heterocycles. The zero-order chi connectivity index (χ0) is 22.4. The zero-order valence-electron chi connectivity index (χ0n) is 18.0. The molecular formula is C22H27N3O6. The number of carbonyl (C=O) groups is 1. The number of ether oxygens (including phenoxy) is 3. The minimum Gasteiger partial charge on any atom is -0.493 e. The van der Waals surface area contributed by atoms with E-state index in [1.165, 1.54) is 33.0 Å². The third-order valence-electron chi connectivity index (χ3n) is 5.34. The Morgan fingerprint density at radius 1 is 1.00 bits per heavy atom. The van der Waals surface area contributed by atoms with E-state index < -0.39 is 16.5 Å². The molecule has 1 aliphatic heterocycles. The molecule has 166 valence electrons. The standard InChI is InChI=1S/C22H27N3O6/c1-29-18-14-17(19(25(27)28)21(31-3)20(18)30-2)22(26)24-11-7-10-23(12-13-24)15-16-8-5-4-6-9-16/h4-6,8-9,14H,7,10-13,15H2,1-3H3. The highest BCUT2D eigenvalue weighted by Gasteiger charge is 2.34. The fraction of sp³-hybridized carbons (Fsp3) is 0.409. The van der Waals surface area contributed by atoms with Crippen molar-refractivity contribution in [2.24, 2.45) is 0 Å². The first-order valence-corrected chi connectivity index (χ1v) is 10.0. The van der Waals surface area contributed by atoms with E-state index in [2.05, 4.69) is 17.0 Å². The van der Waals surface area contributed by atoms with Crippen LogP contribution in [0.4, 0.5) is 5.69 Å². The molecule has 0 saturated carbocycles. The van der Waals surface area contributed by atoms with E-state index in [0.717, 1.165) is 19.5 Å². The summed E-state index contributed by atoms with van der Waals surface area (Å²) in [5.74, 6) is -0.268. The summed E-state index contributed by atoms with van der Waals surface area (Å²) >= 11 is 0. The zero-order valence-corrected chi connectivity index (χ0v) is 18.0. The van der Waals surface area contributed by atoms with Crippen LogP contribution in [-0.4, -0.2) is 68.1 Å². The van der Waals surface area contributed by atoms with Gasteiger partial charge in [0.15, 0.2) is 5.75 Å². The molecule has 0 radical (unpaired) electrons. The molecule has 9 heteroatoms. The second-order valence-electron chi connectivity index (χ2n) is 7.21. The molecule has 1 fully saturated rings. The molecule has 2 aromatic rings. The summed E-state index contributed by atoms with van der Waals surface area (Å²) in [6.45, 7) is 3.31. The summed E-state index contributed by atoms with van der Waals surface area (Å²) in [4.78, 5) is 28.5. The van der Waals surface area contributed by atoms with Gasteiger partial charge >= 0.3 is 5.69 Å². The van der Waals surface area contributed by atoms with Crippen molar-refractivity contribution in [2.45, 2.75) is 13.0 Å². The lowest BCUT2D eigenvalue weighted by Crippen LogP contribution is -2.35. The summed E-state index contributed by atoms with van der Waals surface area (Å²) in [5, 5.41) is 11.8. The van der Waals surface area contributed by atoms with Crippen molar-refractivity contribution in [1.29, 1.82) is 0 Å². The number of nitro benzene ring substituents is 1. The summed E-state index contributed by atoms with van der Waals surface area (Å²) in [7, 11) is 4.07. The van der Waals surface area contributed by atoms with Crippen molar-refractivity contribution in [2.75, 3.05) is 47.5 Å². The van der Waals surface area contributed by atoms with E-state index >= 15 is 0 Å². The van der Waals surface area contributed by atoms with Crippen molar-refractivity contribution in [3.63, 3.8) is 0 Å². The first-order valence-electron chi connectivity index (χ1n) is 10.0. The molecular weight excluding hydrogens is 402 g/mol. The van der Waals surface area contributed by atoms with E-state index in [9.17, 15) is 14.9 Å². The van der Waals surface area contributed by atoms with Crippen LogP contribution in [0.15, 0.2) is 36.4 Å². The van der Waals surface area contributed by atoms with Gasteiger partial charge in [-0.2, -0.15) is 0 Å². The molecule has 9 nitrogen and oxygen atoms in total. The van der Waals surface area contributed by atoms with E-state index in [1.807, 2.05) is 18.2 Å². The number of hydrogen-bond donors (Lipinski definition) is 0. The van der Waals surface area contributed by atoms with Gasteiger partial charge in [-0.3, -0.25) is 19.8 Å². The van der Waals surface area contributed by atoms with Gasteiger partial charge in [0, 0.05) is 38.8 Å². The summed E-state index contributed by atoms with van der Waals surface area (Å²) in [6, 6.07) is 11.5. The molecule has 0 unspecified atom stereocenters. The Labute approximate surface area is 181 Å². The highest BCUT2D eigenvalue weighted by Crippen LogP contribution is 2.46. The number of nitro groups is 1. The molecule has 1 amide bonds. The smallest absolute Gasteiger partial charge is 0.327 e. The van der Waals surface area contributed by atoms with Crippen LogP contribution in [0.25, 0.3) is 0 Å². The first-order chi connectivity index (χ1) is 15.0. The normalized spacial score (nSPS) is 14.6. The van der Waals surface area contributed by atoms with Gasteiger partial charge in [-0.1, -0.05) is 30.3 Å². The first kappa shape index (κ1) is 22.4. The van der Waals surface area contributed by atoms with E-state index in [-0.39, 0.29) is 22.8 Å². The minimum absolute atomic E-state index is 0.0731. The lowest BCUT2D eigenvalue weighted by molar-refractivity contribution is -0.386. The topological polar surface area (TPSA) is 94.4 Å². The molecule has 2 aromatic carbocycles. The van der Waals surface area contributed by atoms with E-state index in [4.69, 9.17) is 14.2 Å². The van der Waals surface area contributed by atoms with Gasteiger partial charge in [0.1, 0.15) is 5.56 Å². The number of hydrogen-bond acceptors (Lipinski definition) is 7. The summed E-state index contributed by atoms with van der Waals surface area (Å²) in [5.41, 5.74) is 0.717. The molecule has 3 rings (SSSR count). The van der Waals surface area contributed by atoms with Crippen molar-refractivity contribution in [3.05, 3.63) is 57.6 Å². The Morgan fingerprint density at radius 3 is 2.32 bits per heavy atom. The van der Waals surface area contributed by atoms with Gasteiger partial charge in [0.25, 0.3) is 5.91 Å². The maximum atomic E-state index is 13.3. The molecule has 0 atom stereocenters. The van der Waals surface area contributed by atoms with Gasteiger partial charge in [0.05, 0.1) is 26.3 Å². The molecule has 0 N–H and O–H groups in total. The molecule has 0 bridgehead atoms. The van der Waals surface area contributed by atoms with Crippen molar-refractivity contribution >= 4 is 11.6 Å². The lowest BCUT2D eigenvalue weighted by atomic mass is 10.1. The number of carbonyl (C=O) groups excluding carboxylic acids is 1. The fourth-order valence-corrected chi connectivity index (χ4v) is 3.83. The van der Waals surface area contributed by atoms with Crippen LogP contribution in [-0.2, 0) is 6.54 Å². The molecule has 0 aromatic heterocycles. The largest absolute Gasteiger partial charge is 0.493 e. The van der Waals surface area contributed by atoms with Crippen LogP contribution >= 0.6 is 0 Å². The summed E-state index contributed by atoms with van der Waals surface area (Å²) in [6.07, 6.45) is 0.775. The van der Waals surface area contributed by atoms with Crippen LogP contribution in [0.5, 0.6) is 17.2 Å². The Bertz CT molecular complexity index is 935. The van der Waals surface area contributed by atoms with E-state index in [1.54, 1.807) is 4.90 Å². The SMILES string of the molecule is COc1cc(C(=O)N2CCCN(Cc3ccccc3)CC2)c([N+](=O)[O-])c(OC)c1OC. The Morgan fingerprint density at radius 2 is 1.71 bits per heavy atom. The number of methoxy groups -OCH3 is 3. The van der Waals surface area contributed by atoms with Gasteiger partial charge < -0.3 is 19.1 Å². The van der Waals surface area contributed by atoms with Crippen LogP contribution in [0.3, 0.4) is 0 Å². The average molecular weight is 429 g/mol. The number of benzene rings is 2. The van der Waals surface area contributed by atoms with Gasteiger partial charge in [-0.05, 0) is 12.0 Å². The third-order valence-corrected chi connectivity index (χ3v) is 5.34. The second kappa shape index (κ2) is 10.1. The van der Waals surface area contributed by atoms with Crippen LogP contribution in [0.2, 0.25) is 0 Å². The lowest BCUT2D eigenvalue weighted by Gasteiger charge is -2.23. The molecule has 0 aliphatic carbocycles. The van der Waals surface area contributed by atoms with Gasteiger partial charge in [-0.15, -0.1) is 0 Å². The van der Waals surface area contributed by atoms with Crippen LogP contribution in [0, 0.1) is 10.1 Å². The Kier molecular flexibility index (Phi) is 7.30. The van der Waals surface area contributed by atoms with Crippen molar-refractivity contribution in [1.82, 2.24) is 9.80 Å². The van der Waals surface area contributed by atoms with Crippen molar-refractivity contribution < 1.29 is 23.9 Å². The second-order valence-corrected chi connectivity index (χ2v) is 7.21. The maximum absolute atomic E-state index is 13.3. The molecule has 0 spiro atoms. The number of rotatable bonds is 7. The highest BCUT2D eigenvalue weighted by atomic mass is 16.6. The molecule has 1 saturated heterocycles. The molecule has 1 aliphatic rings. The van der Waals surface area contributed by atoms with Crippen LogP contribution in [0.1, 0.15) is 22.3 Å². The average Bonchev–Trinajstić information content (AvgIpc) is 3.03. The molecule has 31 heavy (non-hydrogen) atoms. The van der Waals surface area contributed by atoms with Crippen molar-refractivity contribution in [3.8, 4) is 17.2 Å². The van der Waals surface area contributed by atoms with Gasteiger partial charge in [0.2, 0.25) is 11.5 Å². The minimum atomic E-state index is -0.618. The monoisotopic (exact) mass is 429 g/mol. The fourth-order valence-electron chi connectivity index (χ4n) is 3.83. The maximum Gasteiger partial charge on any atom is 0.327 e. The summed E-state index contributed by atoms with van der Waals surface area (Å²) < 4.78 is 15.8. The Balaban J connectivity index is 1.86. The number of nitrogens with zero attached hydrogens (tertiary/aromatic N) is 3. The van der Waals surface area contributed by atoms with Gasteiger partial charge in [-0.25, -0.2) is 0 Å². The van der Waals surface area contributed by atoms with E-state index in [0.29, 0.717) is 19.6 Å². The van der Waals surface area contributed by atoms with Crippen LogP contribution < -0.4 is 14.2 Å². The Hall–Kier alpha value is -3.33.